The Kier molecular flexibility index (Phi) is 21.6. The third-order valence-electron chi connectivity index (χ3n) is 9.14. The Balaban J connectivity index is 0.000000323. The second-order valence-corrected chi connectivity index (χ2v) is 15.0. The van der Waals surface area contributed by atoms with Gasteiger partial charge in [-0.05, 0) is 35.3 Å². The Morgan fingerprint density at radius 3 is 1.10 bits per heavy atom. The van der Waals surface area contributed by atoms with Gasteiger partial charge < -0.3 is 9.80 Å². The van der Waals surface area contributed by atoms with E-state index < -0.39 is 34.1 Å². The zero-order chi connectivity index (χ0) is 42.6. The van der Waals surface area contributed by atoms with Gasteiger partial charge in [-0.15, -0.1) is 36.4 Å². The number of carbonyl (C=O) groups is 2. The van der Waals surface area contributed by atoms with Gasteiger partial charge in [0.1, 0.15) is 0 Å². The van der Waals surface area contributed by atoms with Crippen molar-refractivity contribution in [2.75, 3.05) is 9.80 Å². The Bertz CT molecular complexity index is 1870. The van der Waals surface area contributed by atoms with Crippen molar-refractivity contribution in [3.8, 4) is 0 Å². The standard InChI is InChI=1S/2C20H22F2NO.2C5H5.Ti/c2*1-4-12-20(2,3)19(24)23(14-15-8-6-5-7-9-15)18-11-10-16(21)13-17(18)22;2*1-2-4-5-3-1;/h2*5-11H,4,12,14H2,1-3H3;2*1-5H;/q4*-1;+4. The molecule has 0 heterocycles. The number of anilines is 2. The summed E-state index contributed by atoms with van der Waals surface area (Å²) in [7, 11) is 0. The molecule has 9 heteroatoms. The minimum absolute atomic E-state index is 0. The molecule has 0 saturated heterocycles. The fourth-order valence-corrected chi connectivity index (χ4v) is 6.19. The van der Waals surface area contributed by atoms with Gasteiger partial charge in [-0.3, -0.25) is 9.59 Å². The molecular weight excluding hydrogens is 784 g/mol. The van der Waals surface area contributed by atoms with Crippen molar-refractivity contribution in [3.05, 3.63) is 192 Å². The van der Waals surface area contributed by atoms with Crippen LogP contribution in [0, 0.1) is 46.2 Å². The first-order chi connectivity index (χ1) is 27.7. The largest absolute Gasteiger partial charge is 4.00 e. The van der Waals surface area contributed by atoms with E-state index in [2.05, 4.69) is 0 Å². The van der Waals surface area contributed by atoms with E-state index in [1.165, 1.54) is 21.9 Å². The van der Waals surface area contributed by atoms with Gasteiger partial charge in [0.05, 0.1) is 0 Å². The molecule has 59 heavy (non-hydrogen) atoms. The SMILES string of the molecule is CCCC(C)(C)C(=O)N(Cc1ccccc1)c1ccc(F)[c-]c1F.CCCC(C)(C)C(=O)N(Cc1ccccc1)c1ccc(F)[c-]c1F.[Ti+4].c1cc[cH-]c1.c1cc[cH-]c1. The maximum Gasteiger partial charge on any atom is 4.00 e. The van der Waals surface area contributed by atoms with Crippen LogP contribution in [0.3, 0.4) is 0 Å². The molecule has 0 aliphatic carbocycles. The van der Waals surface area contributed by atoms with Crippen LogP contribution < -0.4 is 9.80 Å². The average Bonchev–Trinajstić information content (AvgIpc) is 3.98. The Hall–Kier alpha value is -5.05. The van der Waals surface area contributed by atoms with Crippen molar-refractivity contribution in [3.63, 3.8) is 0 Å². The van der Waals surface area contributed by atoms with Crippen LogP contribution in [0.1, 0.15) is 78.4 Å². The summed E-state index contributed by atoms with van der Waals surface area (Å²) in [6.45, 7) is 11.9. The van der Waals surface area contributed by atoms with E-state index in [1.807, 2.05) is 175 Å². The van der Waals surface area contributed by atoms with Gasteiger partial charge in [0.25, 0.3) is 0 Å². The minimum Gasteiger partial charge on any atom is -0.359 e. The molecule has 0 N–H and O–H groups in total. The molecule has 0 atom stereocenters. The number of nitrogens with zero attached hydrogens (tertiary/aromatic N) is 2. The van der Waals surface area contributed by atoms with Crippen LogP contribution in [-0.2, 0) is 44.4 Å². The van der Waals surface area contributed by atoms with Gasteiger partial charge in [0, 0.05) is 47.2 Å². The first-order valence-electron chi connectivity index (χ1n) is 19.5. The average molecular weight is 839 g/mol. The molecule has 2 amide bonds. The van der Waals surface area contributed by atoms with E-state index in [0.29, 0.717) is 12.8 Å². The smallest absolute Gasteiger partial charge is 0.359 e. The number of halogens is 4. The summed E-state index contributed by atoms with van der Waals surface area (Å²) >= 11 is 0. The molecule has 0 aliphatic heterocycles. The van der Waals surface area contributed by atoms with Gasteiger partial charge in [-0.25, -0.2) is 41.8 Å². The molecule has 4 nitrogen and oxygen atoms in total. The number of carbonyl (C=O) groups excluding carboxylic acids is 2. The van der Waals surface area contributed by atoms with Crippen LogP contribution >= 0.6 is 0 Å². The molecule has 0 aliphatic rings. The first kappa shape index (κ1) is 50.1. The Morgan fingerprint density at radius 1 is 0.525 bits per heavy atom. The zero-order valence-electron chi connectivity index (χ0n) is 34.8. The summed E-state index contributed by atoms with van der Waals surface area (Å²) in [6.07, 6.45) is 3.05. The fourth-order valence-electron chi connectivity index (χ4n) is 6.19. The van der Waals surface area contributed by atoms with E-state index >= 15 is 0 Å². The maximum absolute atomic E-state index is 14.2. The Morgan fingerprint density at radius 2 is 0.847 bits per heavy atom. The van der Waals surface area contributed by atoms with E-state index in [1.54, 1.807) is 0 Å². The van der Waals surface area contributed by atoms with Crippen molar-refractivity contribution in [2.24, 2.45) is 10.8 Å². The predicted molar refractivity (Wildman–Crippen MR) is 227 cm³/mol. The van der Waals surface area contributed by atoms with Gasteiger partial charge in [-0.2, -0.15) is 36.4 Å². The van der Waals surface area contributed by atoms with Crippen LogP contribution in [0.2, 0.25) is 0 Å². The number of hydrogen-bond acceptors (Lipinski definition) is 2. The summed E-state index contributed by atoms with van der Waals surface area (Å²) in [5, 5.41) is 0. The summed E-state index contributed by atoms with van der Waals surface area (Å²) < 4.78 is 54.9. The maximum atomic E-state index is 14.2. The normalized spacial score (nSPS) is 10.6. The molecule has 0 aromatic heterocycles. The molecule has 6 aromatic rings. The van der Waals surface area contributed by atoms with Crippen molar-refractivity contribution >= 4 is 23.2 Å². The zero-order valence-corrected chi connectivity index (χ0v) is 36.4. The fraction of sp³-hybridized carbons (Fsp3) is 0.280. The molecule has 6 aromatic carbocycles. The molecule has 0 saturated carbocycles. The summed E-state index contributed by atoms with van der Waals surface area (Å²) in [4.78, 5) is 28.9. The monoisotopic (exact) mass is 838 g/mol. The van der Waals surface area contributed by atoms with Gasteiger partial charge in [-0.1, -0.05) is 115 Å². The molecule has 0 unspecified atom stereocenters. The van der Waals surface area contributed by atoms with Crippen LogP contribution in [0.5, 0.6) is 0 Å². The summed E-state index contributed by atoms with van der Waals surface area (Å²) in [6, 6.07) is 47.6. The Labute approximate surface area is 363 Å². The molecule has 0 bridgehead atoms. The van der Waals surface area contributed by atoms with Crippen LogP contribution in [0.4, 0.5) is 28.9 Å². The third-order valence-corrected chi connectivity index (χ3v) is 9.14. The minimum atomic E-state index is -0.855. The quantitative estimate of drug-likeness (QED) is 0.0700. The van der Waals surface area contributed by atoms with E-state index in [4.69, 9.17) is 0 Å². The first-order valence-corrected chi connectivity index (χ1v) is 19.5. The van der Waals surface area contributed by atoms with Crippen molar-refractivity contribution < 1.29 is 48.9 Å². The van der Waals surface area contributed by atoms with E-state index in [9.17, 15) is 27.2 Å². The number of benzene rings is 4. The van der Waals surface area contributed by atoms with Crippen molar-refractivity contribution in [1.29, 1.82) is 0 Å². The number of hydrogen-bond donors (Lipinski definition) is 0. The van der Waals surface area contributed by atoms with Crippen LogP contribution in [0.25, 0.3) is 0 Å². The molecule has 6 rings (SSSR count). The van der Waals surface area contributed by atoms with Crippen molar-refractivity contribution in [2.45, 2.75) is 80.3 Å². The summed E-state index contributed by atoms with van der Waals surface area (Å²) in [5.74, 6) is -3.65. The number of rotatable bonds is 12. The van der Waals surface area contributed by atoms with E-state index in [-0.39, 0.29) is 58.0 Å². The second kappa shape index (κ2) is 25.4. The van der Waals surface area contributed by atoms with Crippen molar-refractivity contribution in [1.82, 2.24) is 0 Å². The molecule has 0 radical (unpaired) electrons. The second-order valence-electron chi connectivity index (χ2n) is 15.0. The summed E-state index contributed by atoms with van der Waals surface area (Å²) in [5.41, 5.74) is 0.585. The molecular formula is C50H54F4N2O2Ti. The van der Waals surface area contributed by atoms with Crippen LogP contribution in [-0.4, -0.2) is 11.8 Å². The van der Waals surface area contributed by atoms with Gasteiger partial charge >= 0.3 is 21.7 Å². The number of amides is 2. The molecule has 308 valence electrons. The predicted octanol–water partition coefficient (Wildman–Crippen LogP) is 13.1. The van der Waals surface area contributed by atoms with Gasteiger partial charge in [0.2, 0.25) is 11.8 Å². The topological polar surface area (TPSA) is 40.6 Å². The molecule has 0 spiro atoms. The van der Waals surface area contributed by atoms with E-state index in [0.717, 1.165) is 36.1 Å². The van der Waals surface area contributed by atoms with Gasteiger partial charge in [0.15, 0.2) is 0 Å². The third kappa shape index (κ3) is 16.6. The van der Waals surface area contributed by atoms with Crippen LogP contribution in [0.15, 0.2) is 146 Å². The molecule has 0 fully saturated rings.